The van der Waals surface area contributed by atoms with E-state index in [-0.39, 0.29) is 16.8 Å². The molecule has 16 heavy (non-hydrogen) atoms. The van der Waals surface area contributed by atoms with Crippen LogP contribution in [-0.2, 0) is 9.53 Å². The number of carbonyl (C=O) groups is 1. The van der Waals surface area contributed by atoms with Gasteiger partial charge in [-0.15, -0.1) is 0 Å². The van der Waals surface area contributed by atoms with Crippen molar-refractivity contribution < 1.29 is 9.53 Å². The first kappa shape index (κ1) is 13.4. The van der Waals surface area contributed by atoms with Gasteiger partial charge < -0.3 is 15.8 Å². The molecule has 1 unspecified atom stereocenters. The SMILES string of the molecule is CCC(C(=O)NCCOCC1CC1)C(N)=S. The van der Waals surface area contributed by atoms with Gasteiger partial charge in [-0.2, -0.15) is 0 Å². The van der Waals surface area contributed by atoms with Crippen LogP contribution in [0.5, 0.6) is 0 Å². The Morgan fingerprint density at radius 3 is 2.81 bits per heavy atom. The van der Waals surface area contributed by atoms with Crippen LogP contribution in [0.1, 0.15) is 26.2 Å². The molecule has 1 fully saturated rings. The summed E-state index contributed by atoms with van der Waals surface area (Å²) in [5, 5.41) is 2.78. The molecule has 0 aromatic rings. The number of hydrogen-bond donors (Lipinski definition) is 2. The lowest BCUT2D eigenvalue weighted by Crippen LogP contribution is -2.38. The molecule has 0 aromatic carbocycles. The Hall–Kier alpha value is -0.680. The molecule has 1 atom stereocenters. The zero-order chi connectivity index (χ0) is 12.0. The largest absolute Gasteiger partial charge is 0.393 e. The third kappa shape index (κ3) is 4.90. The van der Waals surface area contributed by atoms with Crippen molar-refractivity contribution in [1.82, 2.24) is 5.32 Å². The fourth-order valence-electron chi connectivity index (χ4n) is 1.42. The summed E-state index contributed by atoms with van der Waals surface area (Å²) in [5.41, 5.74) is 5.47. The normalized spacial score (nSPS) is 16.8. The number of amides is 1. The number of carbonyl (C=O) groups excluding carboxylic acids is 1. The molecular weight excluding hydrogens is 224 g/mol. The van der Waals surface area contributed by atoms with Gasteiger partial charge in [-0.1, -0.05) is 19.1 Å². The summed E-state index contributed by atoms with van der Waals surface area (Å²) in [6.45, 7) is 3.82. The van der Waals surface area contributed by atoms with Gasteiger partial charge in [0.1, 0.15) is 0 Å². The zero-order valence-corrected chi connectivity index (χ0v) is 10.5. The van der Waals surface area contributed by atoms with Crippen LogP contribution in [0.15, 0.2) is 0 Å². The molecule has 1 amide bonds. The second-order valence-electron chi connectivity index (χ2n) is 4.17. The third-order valence-corrected chi connectivity index (χ3v) is 2.95. The Bertz CT molecular complexity index is 254. The van der Waals surface area contributed by atoms with Crippen LogP contribution in [0, 0.1) is 11.8 Å². The maximum atomic E-state index is 11.6. The Morgan fingerprint density at radius 1 is 1.62 bits per heavy atom. The van der Waals surface area contributed by atoms with Crippen molar-refractivity contribution in [3.05, 3.63) is 0 Å². The van der Waals surface area contributed by atoms with Gasteiger partial charge in [0.05, 0.1) is 17.5 Å². The molecule has 1 aliphatic rings. The lowest BCUT2D eigenvalue weighted by Gasteiger charge is -2.13. The average Bonchev–Trinajstić information content (AvgIpc) is 3.01. The molecule has 0 bridgehead atoms. The van der Waals surface area contributed by atoms with E-state index in [0.717, 1.165) is 12.5 Å². The minimum absolute atomic E-state index is 0.0926. The van der Waals surface area contributed by atoms with Crippen LogP contribution < -0.4 is 11.1 Å². The molecule has 1 rings (SSSR count). The van der Waals surface area contributed by atoms with Gasteiger partial charge in [0, 0.05) is 13.2 Å². The first-order chi connectivity index (χ1) is 7.65. The molecule has 3 N–H and O–H groups in total. The predicted molar refractivity (Wildman–Crippen MR) is 67.1 cm³/mol. The number of rotatable bonds is 8. The van der Waals surface area contributed by atoms with E-state index in [4.69, 9.17) is 22.7 Å². The fraction of sp³-hybridized carbons (Fsp3) is 0.818. The lowest BCUT2D eigenvalue weighted by molar-refractivity contribution is -0.123. The average molecular weight is 244 g/mol. The number of hydrogen-bond acceptors (Lipinski definition) is 3. The molecule has 0 radical (unpaired) electrons. The highest BCUT2D eigenvalue weighted by Crippen LogP contribution is 2.28. The minimum atomic E-state index is -0.349. The first-order valence-electron chi connectivity index (χ1n) is 5.80. The van der Waals surface area contributed by atoms with Gasteiger partial charge in [0.15, 0.2) is 0 Å². The molecule has 0 heterocycles. The summed E-state index contributed by atoms with van der Waals surface area (Å²) in [6, 6.07) is 0. The molecule has 1 aliphatic carbocycles. The highest BCUT2D eigenvalue weighted by molar-refractivity contribution is 7.80. The smallest absolute Gasteiger partial charge is 0.230 e. The van der Waals surface area contributed by atoms with E-state index in [1.54, 1.807) is 0 Å². The molecular formula is C11H20N2O2S. The van der Waals surface area contributed by atoms with Crippen LogP contribution in [-0.4, -0.2) is 30.7 Å². The lowest BCUT2D eigenvalue weighted by atomic mass is 10.1. The quantitative estimate of drug-likeness (QED) is 0.490. The minimum Gasteiger partial charge on any atom is -0.393 e. The van der Waals surface area contributed by atoms with E-state index in [1.807, 2.05) is 6.92 Å². The van der Waals surface area contributed by atoms with E-state index < -0.39 is 0 Å². The summed E-state index contributed by atoms with van der Waals surface area (Å²) in [4.78, 5) is 11.9. The van der Waals surface area contributed by atoms with Crippen molar-refractivity contribution in [1.29, 1.82) is 0 Å². The highest BCUT2D eigenvalue weighted by Gasteiger charge is 2.21. The second kappa shape index (κ2) is 6.81. The Morgan fingerprint density at radius 2 is 2.31 bits per heavy atom. The second-order valence-corrected chi connectivity index (χ2v) is 4.64. The molecule has 0 aromatic heterocycles. The van der Waals surface area contributed by atoms with E-state index in [2.05, 4.69) is 5.32 Å². The monoisotopic (exact) mass is 244 g/mol. The Kier molecular flexibility index (Phi) is 5.69. The summed E-state index contributed by atoms with van der Waals surface area (Å²) < 4.78 is 5.40. The van der Waals surface area contributed by atoms with Crippen LogP contribution in [0.4, 0.5) is 0 Å². The number of nitrogens with one attached hydrogen (secondary N) is 1. The van der Waals surface area contributed by atoms with Crippen molar-refractivity contribution in [3.8, 4) is 0 Å². The molecule has 0 aliphatic heterocycles. The van der Waals surface area contributed by atoms with Crippen molar-refractivity contribution >= 4 is 23.1 Å². The molecule has 92 valence electrons. The van der Waals surface area contributed by atoms with Crippen LogP contribution >= 0.6 is 12.2 Å². The summed E-state index contributed by atoms with van der Waals surface area (Å²) >= 11 is 4.82. The maximum absolute atomic E-state index is 11.6. The van der Waals surface area contributed by atoms with Crippen molar-refractivity contribution in [2.75, 3.05) is 19.8 Å². The van der Waals surface area contributed by atoms with Crippen LogP contribution in [0.25, 0.3) is 0 Å². The van der Waals surface area contributed by atoms with E-state index in [0.29, 0.717) is 19.6 Å². The standard InChI is InChI=1S/C11H20N2O2S/c1-2-9(10(12)16)11(14)13-5-6-15-7-8-3-4-8/h8-9H,2-7H2,1H3,(H2,12,16)(H,13,14). The van der Waals surface area contributed by atoms with Gasteiger partial charge in [-0.3, -0.25) is 4.79 Å². The first-order valence-corrected chi connectivity index (χ1v) is 6.20. The Labute approximate surface area is 102 Å². The molecule has 5 heteroatoms. The summed E-state index contributed by atoms with van der Waals surface area (Å²) in [5.74, 6) is 0.319. The highest BCUT2D eigenvalue weighted by atomic mass is 32.1. The van der Waals surface area contributed by atoms with E-state index >= 15 is 0 Å². The number of thiocarbonyl (C=S) groups is 1. The van der Waals surface area contributed by atoms with Gasteiger partial charge in [-0.25, -0.2) is 0 Å². The molecule has 1 saturated carbocycles. The zero-order valence-electron chi connectivity index (χ0n) is 9.70. The summed E-state index contributed by atoms with van der Waals surface area (Å²) in [6.07, 6.45) is 3.21. The van der Waals surface area contributed by atoms with Crippen molar-refractivity contribution in [2.45, 2.75) is 26.2 Å². The van der Waals surface area contributed by atoms with Gasteiger partial charge in [-0.05, 0) is 25.2 Å². The van der Waals surface area contributed by atoms with Crippen molar-refractivity contribution in [3.63, 3.8) is 0 Å². The fourth-order valence-corrected chi connectivity index (χ4v) is 1.69. The van der Waals surface area contributed by atoms with Crippen LogP contribution in [0.3, 0.4) is 0 Å². The molecule has 0 saturated heterocycles. The molecule has 0 spiro atoms. The van der Waals surface area contributed by atoms with Gasteiger partial charge in [0.25, 0.3) is 0 Å². The van der Waals surface area contributed by atoms with E-state index in [9.17, 15) is 4.79 Å². The number of nitrogens with two attached hydrogens (primary N) is 1. The van der Waals surface area contributed by atoms with Gasteiger partial charge >= 0.3 is 0 Å². The van der Waals surface area contributed by atoms with Gasteiger partial charge in [0.2, 0.25) is 5.91 Å². The maximum Gasteiger partial charge on any atom is 0.230 e. The third-order valence-electron chi connectivity index (χ3n) is 2.66. The van der Waals surface area contributed by atoms with Crippen molar-refractivity contribution in [2.24, 2.45) is 17.6 Å². The topological polar surface area (TPSA) is 64.3 Å². The summed E-state index contributed by atoms with van der Waals surface area (Å²) in [7, 11) is 0. The Balaban J connectivity index is 2.05. The predicted octanol–water partition coefficient (Wildman–Crippen LogP) is 0.841. The molecule has 4 nitrogen and oxygen atoms in total. The number of ether oxygens (including phenoxy) is 1. The van der Waals surface area contributed by atoms with Crippen LogP contribution in [0.2, 0.25) is 0 Å². The van der Waals surface area contributed by atoms with E-state index in [1.165, 1.54) is 12.8 Å².